The normalized spacial score (nSPS) is 8.41. The highest BCUT2D eigenvalue weighted by molar-refractivity contribution is 5.78. The Labute approximate surface area is 179 Å². The van der Waals surface area contributed by atoms with Gasteiger partial charge in [0.2, 0.25) is 0 Å². The molecule has 0 saturated carbocycles. The number of benzene rings is 2. The van der Waals surface area contributed by atoms with Crippen LogP contribution in [0.25, 0.3) is 17.0 Å². The molecule has 0 N–H and O–H groups in total. The monoisotopic (exact) mass is 392 g/mol. The lowest BCUT2D eigenvalue weighted by molar-refractivity contribution is 1.06. The van der Waals surface area contributed by atoms with Crippen molar-refractivity contribution in [3.63, 3.8) is 0 Å². The molecule has 2 nitrogen and oxygen atoms in total. The Morgan fingerprint density at radius 2 is 1.52 bits per heavy atom. The van der Waals surface area contributed by atoms with E-state index in [1.807, 2.05) is 78.8 Å². The SMILES string of the molecule is C=Cc1ccc(C)cc1N=C.CC.CC.CC.CCc1ccc2ccccc2n1. The summed E-state index contributed by atoms with van der Waals surface area (Å²) < 4.78 is 0. The summed E-state index contributed by atoms with van der Waals surface area (Å²) in [6.07, 6.45) is 2.79. The smallest absolute Gasteiger partial charge is 0.0705 e. The average Bonchev–Trinajstić information content (AvgIpc) is 2.83. The van der Waals surface area contributed by atoms with Crippen LogP contribution in [0.15, 0.2) is 66.2 Å². The molecule has 0 unspecified atom stereocenters. The second kappa shape index (κ2) is 18.6. The number of fused-ring (bicyclic) bond motifs is 1. The van der Waals surface area contributed by atoms with Crippen molar-refractivity contribution in [2.75, 3.05) is 0 Å². The highest BCUT2D eigenvalue weighted by Crippen LogP contribution is 2.20. The molecule has 0 aliphatic heterocycles. The number of pyridine rings is 1. The Balaban J connectivity index is 0. The first-order chi connectivity index (χ1) is 14.2. The molecular weight excluding hydrogens is 352 g/mol. The Bertz CT molecular complexity index is 820. The molecule has 0 atom stereocenters. The van der Waals surface area contributed by atoms with E-state index in [1.54, 1.807) is 6.08 Å². The average molecular weight is 393 g/mol. The van der Waals surface area contributed by atoms with Crippen molar-refractivity contribution in [1.82, 2.24) is 4.98 Å². The molecule has 158 valence electrons. The molecule has 1 aromatic heterocycles. The van der Waals surface area contributed by atoms with Gasteiger partial charge in [-0.2, -0.15) is 0 Å². The van der Waals surface area contributed by atoms with E-state index in [9.17, 15) is 0 Å². The minimum atomic E-state index is 0.903. The van der Waals surface area contributed by atoms with Gasteiger partial charge >= 0.3 is 0 Å². The molecule has 2 aromatic carbocycles. The van der Waals surface area contributed by atoms with E-state index in [2.05, 4.69) is 54.5 Å². The number of para-hydroxylation sites is 1. The molecule has 29 heavy (non-hydrogen) atoms. The lowest BCUT2D eigenvalue weighted by Crippen LogP contribution is -1.86. The van der Waals surface area contributed by atoms with E-state index < -0.39 is 0 Å². The van der Waals surface area contributed by atoms with Gasteiger partial charge in [0.15, 0.2) is 0 Å². The molecular formula is C27H40N2. The van der Waals surface area contributed by atoms with Crippen molar-refractivity contribution < 1.29 is 0 Å². The topological polar surface area (TPSA) is 25.2 Å². The third-order valence-electron chi connectivity index (χ3n) is 3.59. The van der Waals surface area contributed by atoms with Crippen LogP contribution < -0.4 is 0 Å². The second-order valence-electron chi connectivity index (χ2n) is 5.27. The Hall–Kier alpha value is -2.74. The quantitative estimate of drug-likeness (QED) is 0.409. The summed E-state index contributed by atoms with van der Waals surface area (Å²) >= 11 is 0. The molecule has 0 amide bonds. The first-order valence-electron chi connectivity index (χ1n) is 10.7. The number of hydrogen-bond donors (Lipinski definition) is 0. The summed E-state index contributed by atoms with van der Waals surface area (Å²) in [4.78, 5) is 8.37. The fraction of sp³-hybridized carbons (Fsp3) is 0.333. The van der Waals surface area contributed by atoms with Crippen molar-refractivity contribution in [3.05, 3.63) is 78.0 Å². The maximum atomic E-state index is 4.49. The van der Waals surface area contributed by atoms with Crippen LogP contribution in [0.2, 0.25) is 0 Å². The predicted octanol–water partition coefficient (Wildman–Crippen LogP) is 8.85. The van der Waals surface area contributed by atoms with Gasteiger partial charge < -0.3 is 0 Å². The summed E-state index contributed by atoms with van der Waals surface area (Å²) in [6, 6.07) is 18.4. The van der Waals surface area contributed by atoms with Crippen LogP contribution in [0.1, 0.15) is 65.3 Å². The maximum absolute atomic E-state index is 4.49. The number of aromatic nitrogens is 1. The van der Waals surface area contributed by atoms with Crippen LogP contribution in [-0.2, 0) is 6.42 Å². The molecule has 0 radical (unpaired) electrons. The van der Waals surface area contributed by atoms with Crippen LogP contribution in [0, 0.1) is 6.92 Å². The zero-order valence-electron chi connectivity index (χ0n) is 19.8. The standard InChI is InChI=1S/C11H11N.C10H11N.3C2H6/c1-2-10-8-7-9-5-3-4-6-11(9)12-10;1-4-9-6-5-8(2)7-10(9)11-3;3*1-2/h3-8H,2H2,1H3;4-7H,1,3H2,2H3;3*1-2H3. The molecule has 3 aromatic rings. The van der Waals surface area contributed by atoms with Gasteiger partial charge in [0, 0.05) is 11.1 Å². The number of aliphatic imine (C=N–C) groups is 1. The largest absolute Gasteiger partial charge is 0.264 e. The Morgan fingerprint density at radius 3 is 2.07 bits per heavy atom. The highest BCUT2D eigenvalue weighted by atomic mass is 14.7. The van der Waals surface area contributed by atoms with E-state index >= 15 is 0 Å². The molecule has 0 aliphatic rings. The predicted molar refractivity (Wildman–Crippen MR) is 136 cm³/mol. The zero-order valence-corrected chi connectivity index (χ0v) is 19.8. The van der Waals surface area contributed by atoms with Crippen LogP contribution in [0.4, 0.5) is 5.69 Å². The fourth-order valence-corrected chi connectivity index (χ4v) is 2.27. The highest BCUT2D eigenvalue weighted by Gasteiger charge is 1.95. The van der Waals surface area contributed by atoms with Crippen LogP contribution in [0.3, 0.4) is 0 Å². The molecule has 1 heterocycles. The van der Waals surface area contributed by atoms with E-state index in [1.165, 1.54) is 10.9 Å². The lowest BCUT2D eigenvalue weighted by Gasteiger charge is -1.99. The summed E-state index contributed by atoms with van der Waals surface area (Å²) in [5, 5.41) is 1.22. The van der Waals surface area contributed by atoms with Crippen LogP contribution in [-0.4, -0.2) is 11.7 Å². The van der Waals surface area contributed by atoms with Gasteiger partial charge in [-0.05, 0) is 49.4 Å². The summed E-state index contributed by atoms with van der Waals surface area (Å²) in [5.41, 5.74) is 5.38. The fourth-order valence-electron chi connectivity index (χ4n) is 2.27. The van der Waals surface area contributed by atoms with Gasteiger partial charge in [0.05, 0.1) is 11.2 Å². The third-order valence-corrected chi connectivity index (χ3v) is 3.59. The van der Waals surface area contributed by atoms with Crippen molar-refractivity contribution in [2.45, 2.75) is 61.8 Å². The van der Waals surface area contributed by atoms with Crippen molar-refractivity contribution in [1.29, 1.82) is 0 Å². The lowest BCUT2D eigenvalue weighted by atomic mass is 10.1. The minimum absolute atomic E-state index is 0.903. The van der Waals surface area contributed by atoms with Gasteiger partial charge in [-0.1, -0.05) is 97.5 Å². The first-order valence-corrected chi connectivity index (χ1v) is 10.7. The second-order valence-corrected chi connectivity index (χ2v) is 5.27. The van der Waals surface area contributed by atoms with Gasteiger partial charge in [-0.3, -0.25) is 9.98 Å². The van der Waals surface area contributed by atoms with Crippen molar-refractivity contribution in [3.8, 4) is 0 Å². The molecule has 0 aliphatic carbocycles. The number of rotatable bonds is 3. The molecule has 0 saturated heterocycles. The maximum Gasteiger partial charge on any atom is 0.0705 e. The molecule has 2 heteroatoms. The first kappa shape index (κ1) is 28.5. The number of aryl methyl sites for hydroxylation is 2. The van der Waals surface area contributed by atoms with Gasteiger partial charge in [0.25, 0.3) is 0 Å². The summed E-state index contributed by atoms with van der Waals surface area (Å²) in [5.74, 6) is 0. The zero-order chi connectivity index (χ0) is 22.7. The molecule has 0 bridgehead atoms. The Morgan fingerprint density at radius 1 is 0.897 bits per heavy atom. The summed E-state index contributed by atoms with van der Waals surface area (Å²) in [6.45, 7) is 23.3. The molecule has 0 fully saturated rings. The van der Waals surface area contributed by atoms with Gasteiger partial charge in [0.1, 0.15) is 0 Å². The van der Waals surface area contributed by atoms with Gasteiger partial charge in [-0.25, -0.2) is 0 Å². The number of nitrogens with zero attached hydrogens (tertiary/aromatic N) is 2. The van der Waals surface area contributed by atoms with E-state index in [-0.39, 0.29) is 0 Å². The van der Waals surface area contributed by atoms with Crippen LogP contribution >= 0.6 is 0 Å². The van der Waals surface area contributed by atoms with Gasteiger partial charge in [-0.15, -0.1) is 0 Å². The van der Waals surface area contributed by atoms with Crippen molar-refractivity contribution in [2.24, 2.45) is 4.99 Å². The summed E-state index contributed by atoms with van der Waals surface area (Å²) in [7, 11) is 0. The minimum Gasteiger partial charge on any atom is -0.264 e. The Kier molecular flexibility index (Phi) is 18.3. The van der Waals surface area contributed by atoms with E-state index in [0.29, 0.717) is 0 Å². The molecule has 3 rings (SSSR count). The van der Waals surface area contributed by atoms with E-state index in [0.717, 1.165) is 28.9 Å². The third kappa shape index (κ3) is 10.4. The molecule has 0 spiro atoms. The van der Waals surface area contributed by atoms with Crippen molar-refractivity contribution >= 4 is 29.4 Å². The van der Waals surface area contributed by atoms with Crippen LogP contribution in [0.5, 0.6) is 0 Å². The number of hydrogen-bond acceptors (Lipinski definition) is 2. The van der Waals surface area contributed by atoms with E-state index in [4.69, 9.17) is 0 Å².